The lowest BCUT2D eigenvalue weighted by molar-refractivity contribution is -0.117. The number of benzene rings is 2. The van der Waals surface area contributed by atoms with Crippen LogP contribution in [0.15, 0.2) is 59.5 Å². The Hall–Kier alpha value is -4.58. The lowest BCUT2D eigenvalue weighted by atomic mass is 10.1. The predicted octanol–water partition coefficient (Wildman–Crippen LogP) is 3.53. The summed E-state index contributed by atoms with van der Waals surface area (Å²) in [6.45, 7) is 1.28. The lowest BCUT2D eigenvalue weighted by Crippen LogP contribution is -2.33. The van der Waals surface area contributed by atoms with Crippen molar-refractivity contribution in [2.24, 2.45) is 0 Å². The number of aromatic nitrogens is 2. The molecule has 2 N–H and O–H groups in total. The third-order valence-electron chi connectivity index (χ3n) is 6.41. The van der Waals surface area contributed by atoms with Gasteiger partial charge in [0.2, 0.25) is 11.3 Å². The quantitative estimate of drug-likeness (QED) is 0.377. The first-order valence-electron chi connectivity index (χ1n) is 11.8. The molecule has 0 aliphatic carbocycles. The molecule has 0 spiro atoms. The van der Waals surface area contributed by atoms with Gasteiger partial charge in [0, 0.05) is 17.8 Å². The first kappa shape index (κ1) is 26.0. The molecule has 1 saturated heterocycles. The molecule has 1 aliphatic rings. The largest absolute Gasteiger partial charge is 0.391 e. The van der Waals surface area contributed by atoms with Crippen LogP contribution in [0.25, 0.3) is 16.7 Å². The number of aliphatic hydroxyl groups excluding tert-OH is 1. The molecule has 5 rings (SSSR count). The molecule has 2 aromatic carbocycles. The second-order valence-corrected chi connectivity index (χ2v) is 9.07. The van der Waals surface area contributed by atoms with Crippen molar-refractivity contribution in [1.29, 1.82) is 0 Å². The van der Waals surface area contributed by atoms with Crippen LogP contribution in [0.1, 0.15) is 35.3 Å². The van der Waals surface area contributed by atoms with Gasteiger partial charge in [0.25, 0.3) is 5.91 Å². The molecular formula is C27H20F4N4O4. The molecule has 2 atom stereocenters. The first-order chi connectivity index (χ1) is 18.5. The summed E-state index contributed by atoms with van der Waals surface area (Å²) in [6, 6.07) is 7.30. The Balaban J connectivity index is 1.65. The molecular weight excluding hydrogens is 520 g/mol. The van der Waals surface area contributed by atoms with Crippen molar-refractivity contribution >= 4 is 28.7 Å². The number of fused-ring (bicyclic) bond motifs is 1. The van der Waals surface area contributed by atoms with Crippen LogP contribution in [0.4, 0.5) is 23.4 Å². The molecule has 39 heavy (non-hydrogen) atoms. The average Bonchev–Trinajstić information content (AvgIpc) is 3.22. The third kappa shape index (κ3) is 4.74. The third-order valence-corrected chi connectivity index (χ3v) is 6.41. The van der Waals surface area contributed by atoms with Gasteiger partial charge in [-0.3, -0.25) is 23.9 Å². The zero-order valence-corrected chi connectivity index (χ0v) is 20.3. The number of halogens is 4. The minimum Gasteiger partial charge on any atom is -0.391 e. The second-order valence-electron chi connectivity index (χ2n) is 9.07. The van der Waals surface area contributed by atoms with Gasteiger partial charge in [-0.25, -0.2) is 22.5 Å². The van der Waals surface area contributed by atoms with Crippen molar-refractivity contribution in [1.82, 2.24) is 14.9 Å². The number of anilines is 1. The molecule has 0 bridgehead atoms. The summed E-state index contributed by atoms with van der Waals surface area (Å²) >= 11 is 0. The van der Waals surface area contributed by atoms with Crippen LogP contribution >= 0.6 is 0 Å². The van der Waals surface area contributed by atoms with Crippen LogP contribution < -0.4 is 15.6 Å². The Morgan fingerprint density at radius 2 is 1.77 bits per heavy atom. The number of hydrogen-bond donors (Lipinski definition) is 2. The number of nitrogens with one attached hydrogen (secondary N) is 1. The number of carbonyl (C=O) groups is 2. The molecule has 4 aromatic rings. The summed E-state index contributed by atoms with van der Waals surface area (Å²) in [5.41, 5.74) is -2.16. The molecule has 8 nitrogen and oxygen atoms in total. The summed E-state index contributed by atoms with van der Waals surface area (Å²) in [6.07, 6.45) is -0.0592. The van der Waals surface area contributed by atoms with Gasteiger partial charge >= 0.3 is 0 Å². The van der Waals surface area contributed by atoms with Crippen molar-refractivity contribution in [3.63, 3.8) is 0 Å². The molecule has 12 heteroatoms. The summed E-state index contributed by atoms with van der Waals surface area (Å²) in [5, 5.41) is 12.1. The van der Waals surface area contributed by atoms with E-state index in [-0.39, 0.29) is 35.5 Å². The molecule has 1 fully saturated rings. The van der Waals surface area contributed by atoms with Gasteiger partial charge in [-0.05, 0) is 43.3 Å². The van der Waals surface area contributed by atoms with Crippen molar-refractivity contribution in [2.75, 3.05) is 11.4 Å². The van der Waals surface area contributed by atoms with Crippen molar-refractivity contribution in [3.05, 3.63) is 99.3 Å². The predicted molar refractivity (Wildman–Crippen MR) is 132 cm³/mol. The van der Waals surface area contributed by atoms with Gasteiger partial charge in [-0.15, -0.1) is 0 Å². The van der Waals surface area contributed by atoms with E-state index in [0.29, 0.717) is 6.07 Å². The van der Waals surface area contributed by atoms with E-state index in [2.05, 4.69) is 10.3 Å². The monoisotopic (exact) mass is 540 g/mol. The molecule has 2 aromatic heterocycles. The fourth-order valence-corrected chi connectivity index (χ4v) is 4.55. The second kappa shape index (κ2) is 9.95. The van der Waals surface area contributed by atoms with E-state index in [4.69, 9.17) is 0 Å². The average molecular weight is 540 g/mol. The highest BCUT2D eigenvalue weighted by atomic mass is 19.1. The summed E-state index contributed by atoms with van der Waals surface area (Å²) < 4.78 is 58.1. The van der Waals surface area contributed by atoms with E-state index in [1.165, 1.54) is 30.0 Å². The lowest BCUT2D eigenvalue weighted by Gasteiger charge is -2.19. The standard InChI is InChI=1S/C27H20F4N4O4/c1-13(24-18(29)3-2-4-19(24)30)32-27(39)17-12-34(21-7-5-14(28)9-20(21)31)26-16(25(17)38)6-8-22(33-26)35-11-15(36)10-23(35)37/h2-9,12-13,15,36H,10-11H2,1H3,(H,32,39)/t13?,15-/m0/s1. The van der Waals surface area contributed by atoms with E-state index >= 15 is 0 Å². The van der Waals surface area contributed by atoms with E-state index in [1.54, 1.807) is 0 Å². The van der Waals surface area contributed by atoms with Crippen LogP contribution in [0.2, 0.25) is 0 Å². The minimum absolute atomic E-state index is 0.0442. The molecule has 200 valence electrons. The Morgan fingerprint density at radius 1 is 1.05 bits per heavy atom. The highest BCUT2D eigenvalue weighted by Crippen LogP contribution is 2.26. The number of rotatable bonds is 5. The molecule has 0 radical (unpaired) electrons. The van der Waals surface area contributed by atoms with Gasteiger partial charge in [0.1, 0.15) is 34.7 Å². The number of β-amino-alcohol motifs (C(OH)–C–C–N with tert-alkyl or cyclic N) is 1. The van der Waals surface area contributed by atoms with Gasteiger partial charge in [0.15, 0.2) is 5.65 Å². The summed E-state index contributed by atoms with van der Waals surface area (Å²) in [4.78, 5) is 44.4. The van der Waals surface area contributed by atoms with Crippen LogP contribution in [0.5, 0.6) is 0 Å². The number of pyridine rings is 2. The Morgan fingerprint density at radius 3 is 2.41 bits per heavy atom. The van der Waals surface area contributed by atoms with E-state index < -0.39 is 63.8 Å². The topological polar surface area (TPSA) is 105 Å². The van der Waals surface area contributed by atoms with E-state index in [0.717, 1.165) is 35.0 Å². The van der Waals surface area contributed by atoms with Crippen molar-refractivity contribution in [2.45, 2.75) is 25.5 Å². The highest BCUT2D eigenvalue weighted by Gasteiger charge is 2.31. The summed E-state index contributed by atoms with van der Waals surface area (Å²) in [7, 11) is 0. The van der Waals surface area contributed by atoms with Gasteiger partial charge < -0.3 is 10.4 Å². The number of amides is 2. The van der Waals surface area contributed by atoms with Crippen LogP contribution in [0, 0.1) is 23.3 Å². The van der Waals surface area contributed by atoms with Gasteiger partial charge in [0.05, 0.1) is 36.2 Å². The normalized spacial score (nSPS) is 16.1. The first-order valence-corrected chi connectivity index (χ1v) is 11.8. The number of aliphatic hydroxyl groups is 1. The Bertz CT molecular complexity index is 1690. The minimum atomic E-state index is -1.18. The smallest absolute Gasteiger partial charge is 0.257 e. The molecule has 0 saturated carbocycles. The summed E-state index contributed by atoms with van der Waals surface area (Å²) in [5.74, 6) is -5.05. The highest BCUT2D eigenvalue weighted by molar-refractivity contribution is 5.99. The number of carbonyl (C=O) groups excluding carboxylic acids is 2. The van der Waals surface area contributed by atoms with E-state index in [9.17, 15) is 37.1 Å². The fraction of sp³-hybridized carbons (Fsp3) is 0.185. The van der Waals surface area contributed by atoms with Gasteiger partial charge in [-0.2, -0.15) is 0 Å². The maximum atomic E-state index is 14.9. The maximum Gasteiger partial charge on any atom is 0.257 e. The van der Waals surface area contributed by atoms with Crippen LogP contribution in [0.3, 0.4) is 0 Å². The maximum absolute atomic E-state index is 14.9. The number of nitrogens with zero attached hydrogens (tertiary/aromatic N) is 3. The Kier molecular flexibility index (Phi) is 6.64. The molecule has 1 unspecified atom stereocenters. The van der Waals surface area contributed by atoms with Gasteiger partial charge in [-0.1, -0.05) is 6.07 Å². The number of hydrogen-bond acceptors (Lipinski definition) is 5. The molecule has 3 heterocycles. The van der Waals surface area contributed by atoms with E-state index in [1.807, 2.05) is 0 Å². The zero-order valence-electron chi connectivity index (χ0n) is 20.3. The Labute approximate surface area is 218 Å². The zero-order chi connectivity index (χ0) is 28.0. The van der Waals surface area contributed by atoms with Crippen molar-refractivity contribution in [3.8, 4) is 5.69 Å². The van der Waals surface area contributed by atoms with Crippen LogP contribution in [-0.4, -0.2) is 39.1 Å². The van der Waals surface area contributed by atoms with Crippen LogP contribution in [-0.2, 0) is 4.79 Å². The van der Waals surface area contributed by atoms with Crippen molar-refractivity contribution < 1.29 is 32.3 Å². The molecule has 1 aliphatic heterocycles. The fourth-order valence-electron chi connectivity index (χ4n) is 4.55. The SMILES string of the molecule is CC(NC(=O)c1cn(-c2ccc(F)cc2F)c2nc(N3C[C@@H](O)CC3=O)ccc2c1=O)c1c(F)cccc1F. The molecule has 2 amide bonds.